The van der Waals surface area contributed by atoms with Gasteiger partial charge in [-0.15, -0.1) is 0 Å². The minimum Gasteiger partial charge on any atom is -0.396 e. The molecule has 0 heterocycles. The normalized spacial score (nSPS) is 12.0. The maximum Gasteiger partial charge on any atom is 0.319 e. The number of aliphatic hydroxyl groups is 1. The lowest BCUT2D eigenvalue weighted by Gasteiger charge is -2.16. The van der Waals surface area contributed by atoms with E-state index >= 15 is 0 Å². The number of halogens is 1. The zero-order chi connectivity index (χ0) is 13.5. The smallest absolute Gasteiger partial charge is 0.319 e. The summed E-state index contributed by atoms with van der Waals surface area (Å²) in [6.45, 7) is 3.95. The van der Waals surface area contributed by atoms with E-state index in [-0.39, 0.29) is 18.7 Å². The van der Waals surface area contributed by atoms with Crippen LogP contribution >= 0.6 is 11.6 Å². The summed E-state index contributed by atoms with van der Waals surface area (Å²) >= 11 is 5.99. The first kappa shape index (κ1) is 14.8. The van der Waals surface area contributed by atoms with Crippen LogP contribution in [0.15, 0.2) is 18.2 Å². The Hall–Kier alpha value is -1.26. The van der Waals surface area contributed by atoms with Crippen LogP contribution in [-0.2, 0) is 0 Å². The topological polar surface area (TPSA) is 61.4 Å². The van der Waals surface area contributed by atoms with Gasteiger partial charge in [0, 0.05) is 12.6 Å². The fourth-order valence-corrected chi connectivity index (χ4v) is 1.78. The van der Waals surface area contributed by atoms with Crippen molar-refractivity contribution in [2.75, 3.05) is 11.9 Å². The molecule has 0 spiro atoms. The zero-order valence-electron chi connectivity index (χ0n) is 10.7. The molecule has 0 fully saturated rings. The average Bonchev–Trinajstić information content (AvgIpc) is 2.33. The van der Waals surface area contributed by atoms with E-state index in [0.29, 0.717) is 17.1 Å². The quantitative estimate of drug-likeness (QED) is 0.770. The lowest BCUT2D eigenvalue weighted by Crippen LogP contribution is -2.38. The number of carbonyl (C=O) groups is 1. The van der Waals surface area contributed by atoms with Crippen LogP contribution in [0.5, 0.6) is 0 Å². The second-order valence-corrected chi connectivity index (χ2v) is 4.61. The summed E-state index contributed by atoms with van der Waals surface area (Å²) < 4.78 is 0. The molecule has 0 radical (unpaired) electrons. The number of nitrogens with one attached hydrogen (secondary N) is 2. The van der Waals surface area contributed by atoms with Gasteiger partial charge < -0.3 is 15.7 Å². The monoisotopic (exact) mass is 270 g/mol. The van der Waals surface area contributed by atoms with Crippen molar-refractivity contribution in [3.05, 3.63) is 28.8 Å². The molecular weight excluding hydrogens is 252 g/mol. The Labute approximate surface area is 112 Å². The first-order valence-electron chi connectivity index (χ1n) is 6.01. The highest BCUT2D eigenvalue weighted by Gasteiger charge is 2.11. The number of benzene rings is 1. The summed E-state index contributed by atoms with van der Waals surface area (Å²) in [4.78, 5) is 11.8. The van der Waals surface area contributed by atoms with Gasteiger partial charge in [0.1, 0.15) is 0 Å². The second kappa shape index (κ2) is 7.24. The van der Waals surface area contributed by atoms with Crippen molar-refractivity contribution in [3.8, 4) is 0 Å². The Kier molecular flexibility index (Phi) is 5.95. The average molecular weight is 271 g/mol. The summed E-state index contributed by atoms with van der Waals surface area (Å²) in [6, 6.07) is 5.11. The van der Waals surface area contributed by atoms with Crippen LogP contribution in [0.4, 0.5) is 10.5 Å². The molecule has 1 aromatic rings. The van der Waals surface area contributed by atoms with Gasteiger partial charge in [0.15, 0.2) is 0 Å². The van der Waals surface area contributed by atoms with Crippen molar-refractivity contribution in [1.82, 2.24) is 5.32 Å². The molecule has 3 N–H and O–H groups in total. The minimum absolute atomic E-state index is 0.0291. The van der Waals surface area contributed by atoms with E-state index in [1.54, 1.807) is 6.07 Å². The maximum atomic E-state index is 11.8. The van der Waals surface area contributed by atoms with E-state index in [1.165, 1.54) is 0 Å². The molecule has 0 bridgehead atoms. The largest absolute Gasteiger partial charge is 0.396 e. The van der Waals surface area contributed by atoms with Gasteiger partial charge in [-0.05, 0) is 37.5 Å². The van der Waals surface area contributed by atoms with Crippen molar-refractivity contribution < 1.29 is 9.90 Å². The van der Waals surface area contributed by atoms with Crippen molar-refractivity contribution in [3.63, 3.8) is 0 Å². The van der Waals surface area contributed by atoms with Gasteiger partial charge in [-0.3, -0.25) is 0 Å². The van der Waals surface area contributed by atoms with E-state index in [4.69, 9.17) is 16.7 Å². The highest BCUT2D eigenvalue weighted by Crippen LogP contribution is 2.22. The predicted molar refractivity (Wildman–Crippen MR) is 74.1 cm³/mol. The van der Waals surface area contributed by atoms with Gasteiger partial charge >= 0.3 is 6.03 Å². The molecule has 1 aromatic carbocycles. The number of carbonyl (C=O) groups excluding carboxylic acids is 1. The van der Waals surface area contributed by atoms with Gasteiger partial charge in [-0.1, -0.05) is 24.6 Å². The molecule has 0 aliphatic rings. The number of hydrogen-bond donors (Lipinski definition) is 3. The zero-order valence-corrected chi connectivity index (χ0v) is 11.4. The van der Waals surface area contributed by atoms with Crippen molar-refractivity contribution in [1.29, 1.82) is 0 Å². The first-order chi connectivity index (χ1) is 8.56. The first-order valence-corrected chi connectivity index (χ1v) is 6.39. The highest BCUT2D eigenvalue weighted by molar-refractivity contribution is 6.33. The van der Waals surface area contributed by atoms with Crippen LogP contribution in [0.2, 0.25) is 5.02 Å². The number of amides is 2. The number of urea groups is 1. The molecule has 1 unspecified atom stereocenters. The molecule has 0 aliphatic carbocycles. The molecule has 2 amide bonds. The van der Waals surface area contributed by atoms with Gasteiger partial charge in [-0.2, -0.15) is 0 Å². The Bertz CT molecular complexity index is 410. The summed E-state index contributed by atoms with van der Waals surface area (Å²) in [7, 11) is 0. The molecule has 18 heavy (non-hydrogen) atoms. The molecule has 100 valence electrons. The number of hydrogen-bond acceptors (Lipinski definition) is 2. The fraction of sp³-hybridized carbons (Fsp3) is 0.462. The molecule has 0 saturated carbocycles. The second-order valence-electron chi connectivity index (χ2n) is 4.20. The van der Waals surface area contributed by atoms with Gasteiger partial charge in [-0.25, -0.2) is 4.79 Å². The van der Waals surface area contributed by atoms with E-state index in [2.05, 4.69) is 10.6 Å². The fourth-order valence-electron chi connectivity index (χ4n) is 1.61. The lowest BCUT2D eigenvalue weighted by atomic mass is 10.1. The molecule has 4 nitrogen and oxygen atoms in total. The lowest BCUT2D eigenvalue weighted by molar-refractivity contribution is 0.237. The van der Waals surface area contributed by atoms with Crippen LogP contribution in [0, 0.1) is 6.92 Å². The number of aliphatic hydroxyl groups excluding tert-OH is 1. The Morgan fingerprint density at radius 2 is 2.22 bits per heavy atom. The third kappa shape index (κ3) is 4.55. The third-order valence-electron chi connectivity index (χ3n) is 2.68. The van der Waals surface area contributed by atoms with E-state index in [9.17, 15) is 4.79 Å². The molecular formula is C13H19ClN2O2. The van der Waals surface area contributed by atoms with Crippen LogP contribution < -0.4 is 10.6 Å². The van der Waals surface area contributed by atoms with E-state index in [1.807, 2.05) is 26.0 Å². The van der Waals surface area contributed by atoms with Gasteiger partial charge in [0.2, 0.25) is 0 Å². The molecule has 1 atom stereocenters. The van der Waals surface area contributed by atoms with Gasteiger partial charge in [0.05, 0.1) is 10.7 Å². The number of anilines is 1. The van der Waals surface area contributed by atoms with Crippen molar-refractivity contribution >= 4 is 23.3 Å². The van der Waals surface area contributed by atoms with Crippen molar-refractivity contribution in [2.45, 2.75) is 32.7 Å². The minimum atomic E-state index is -0.303. The highest BCUT2D eigenvalue weighted by atomic mass is 35.5. The summed E-state index contributed by atoms with van der Waals surface area (Å²) in [6.07, 6.45) is 1.32. The van der Waals surface area contributed by atoms with Crippen LogP contribution in [0.1, 0.15) is 25.3 Å². The van der Waals surface area contributed by atoms with Crippen LogP contribution in [0.3, 0.4) is 0 Å². The van der Waals surface area contributed by atoms with E-state index < -0.39 is 0 Å². The Morgan fingerprint density at radius 3 is 2.83 bits per heavy atom. The standard InChI is InChI=1S/C13H19ClN2O2/c1-3-10(6-7-17)15-13(18)16-12-8-9(2)4-5-11(12)14/h4-5,8,10,17H,3,6-7H2,1-2H3,(H2,15,16,18). The third-order valence-corrected chi connectivity index (χ3v) is 3.01. The molecule has 0 saturated heterocycles. The number of aryl methyl sites for hydroxylation is 1. The Balaban J connectivity index is 2.61. The molecule has 0 aromatic heterocycles. The Morgan fingerprint density at radius 1 is 1.50 bits per heavy atom. The van der Waals surface area contributed by atoms with Gasteiger partial charge in [0.25, 0.3) is 0 Å². The van der Waals surface area contributed by atoms with E-state index in [0.717, 1.165) is 12.0 Å². The molecule has 0 aliphatic heterocycles. The predicted octanol–water partition coefficient (Wildman–Crippen LogP) is 2.93. The number of rotatable bonds is 5. The molecule has 1 rings (SSSR count). The SMILES string of the molecule is CCC(CCO)NC(=O)Nc1cc(C)ccc1Cl. The summed E-state index contributed by atoms with van der Waals surface area (Å²) in [5, 5.41) is 14.9. The van der Waals surface area contributed by atoms with Crippen LogP contribution in [-0.4, -0.2) is 23.8 Å². The van der Waals surface area contributed by atoms with Crippen molar-refractivity contribution in [2.24, 2.45) is 0 Å². The summed E-state index contributed by atoms with van der Waals surface area (Å²) in [5.41, 5.74) is 1.62. The van der Waals surface area contributed by atoms with Crippen LogP contribution in [0.25, 0.3) is 0 Å². The molecule has 5 heteroatoms. The summed E-state index contributed by atoms with van der Waals surface area (Å²) in [5.74, 6) is 0. The maximum absolute atomic E-state index is 11.8.